The van der Waals surface area contributed by atoms with Crippen molar-refractivity contribution in [3.8, 4) is 0 Å². The SMILES string of the molecule is CCCCCCCCCCCC(=O)CC(CCCCCCC)C(CCCCC)OC(=O)CCCCCCCCCCC. The molecule has 0 spiro atoms. The second-order valence-corrected chi connectivity index (χ2v) is 13.4. The zero-order chi connectivity index (χ0) is 30.9. The Morgan fingerprint density at radius 1 is 0.429 bits per heavy atom. The third-order valence-corrected chi connectivity index (χ3v) is 9.11. The molecule has 0 aromatic rings. The molecular formula is C39H76O3. The van der Waals surface area contributed by atoms with E-state index < -0.39 is 0 Å². The molecule has 0 amide bonds. The van der Waals surface area contributed by atoms with E-state index in [0.29, 0.717) is 25.0 Å². The maximum absolute atomic E-state index is 13.1. The van der Waals surface area contributed by atoms with Gasteiger partial charge in [0, 0.05) is 25.2 Å². The molecule has 0 heterocycles. The Hall–Kier alpha value is -0.860. The summed E-state index contributed by atoms with van der Waals surface area (Å²) in [5, 5.41) is 0. The molecule has 250 valence electrons. The van der Waals surface area contributed by atoms with Gasteiger partial charge in [0.15, 0.2) is 0 Å². The number of Topliss-reactive ketones (excluding diaryl/α,β-unsaturated/α-hetero) is 1. The van der Waals surface area contributed by atoms with E-state index in [9.17, 15) is 9.59 Å². The Morgan fingerprint density at radius 3 is 1.26 bits per heavy atom. The molecule has 0 radical (unpaired) electrons. The van der Waals surface area contributed by atoms with Crippen molar-refractivity contribution >= 4 is 11.8 Å². The molecule has 0 aliphatic carbocycles. The predicted octanol–water partition coefficient (Wildman–Crippen LogP) is 13.3. The monoisotopic (exact) mass is 593 g/mol. The number of hydrogen-bond acceptors (Lipinski definition) is 3. The fourth-order valence-corrected chi connectivity index (χ4v) is 6.25. The summed E-state index contributed by atoms with van der Waals surface area (Å²) < 4.78 is 6.22. The highest BCUT2D eigenvalue weighted by atomic mass is 16.5. The number of ketones is 1. The van der Waals surface area contributed by atoms with Crippen LogP contribution in [0.5, 0.6) is 0 Å². The van der Waals surface area contributed by atoms with Crippen molar-refractivity contribution in [1.82, 2.24) is 0 Å². The Bertz CT molecular complexity index is 572. The molecule has 0 aliphatic heterocycles. The van der Waals surface area contributed by atoms with Crippen molar-refractivity contribution in [2.45, 2.75) is 233 Å². The number of esters is 1. The number of carbonyl (C=O) groups excluding carboxylic acids is 2. The summed E-state index contributed by atoms with van der Waals surface area (Å²) >= 11 is 0. The first-order valence-electron chi connectivity index (χ1n) is 19.3. The minimum Gasteiger partial charge on any atom is -0.462 e. The van der Waals surface area contributed by atoms with Crippen LogP contribution >= 0.6 is 0 Å². The molecule has 0 aromatic heterocycles. The van der Waals surface area contributed by atoms with Crippen LogP contribution in [-0.2, 0) is 14.3 Å². The van der Waals surface area contributed by atoms with Gasteiger partial charge in [-0.05, 0) is 32.1 Å². The lowest BCUT2D eigenvalue weighted by Gasteiger charge is -2.27. The van der Waals surface area contributed by atoms with Gasteiger partial charge < -0.3 is 4.74 Å². The fourth-order valence-electron chi connectivity index (χ4n) is 6.25. The van der Waals surface area contributed by atoms with Gasteiger partial charge in [0.25, 0.3) is 0 Å². The molecule has 3 nitrogen and oxygen atoms in total. The van der Waals surface area contributed by atoms with Crippen LogP contribution in [0.1, 0.15) is 227 Å². The average molecular weight is 593 g/mol. The largest absolute Gasteiger partial charge is 0.462 e. The van der Waals surface area contributed by atoms with Crippen LogP contribution < -0.4 is 0 Å². The maximum atomic E-state index is 13.1. The summed E-state index contributed by atoms with van der Waals surface area (Å²) in [4.78, 5) is 26.1. The Balaban J connectivity index is 4.74. The van der Waals surface area contributed by atoms with Crippen molar-refractivity contribution < 1.29 is 14.3 Å². The van der Waals surface area contributed by atoms with Crippen molar-refractivity contribution in [3.05, 3.63) is 0 Å². The molecule has 0 bridgehead atoms. The zero-order valence-electron chi connectivity index (χ0n) is 29.3. The first-order chi connectivity index (χ1) is 20.6. The average Bonchev–Trinajstić information content (AvgIpc) is 2.98. The normalized spacial score (nSPS) is 12.9. The van der Waals surface area contributed by atoms with Gasteiger partial charge in [-0.1, -0.05) is 175 Å². The highest BCUT2D eigenvalue weighted by Crippen LogP contribution is 2.27. The highest BCUT2D eigenvalue weighted by Gasteiger charge is 2.26. The van der Waals surface area contributed by atoms with Gasteiger partial charge in [-0.2, -0.15) is 0 Å². The Kier molecular flexibility index (Phi) is 32.4. The van der Waals surface area contributed by atoms with E-state index in [0.717, 1.165) is 44.9 Å². The van der Waals surface area contributed by atoms with Crippen LogP contribution in [0.3, 0.4) is 0 Å². The second kappa shape index (κ2) is 33.0. The minimum atomic E-state index is -0.0825. The van der Waals surface area contributed by atoms with Crippen LogP contribution in [0, 0.1) is 5.92 Å². The lowest BCUT2D eigenvalue weighted by Crippen LogP contribution is -2.29. The van der Waals surface area contributed by atoms with Crippen LogP contribution in [0.2, 0.25) is 0 Å². The van der Waals surface area contributed by atoms with Gasteiger partial charge in [-0.15, -0.1) is 0 Å². The molecule has 0 saturated heterocycles. The van der Waals surface area contributed by atoms with E-state index in [-0.39, 0.29) is 18.0 Å². The summed E-state index contributed by atoms with van der Waals surface area (Å²) in [7, 11) is 0. The smallest absolute Gasteiger partial charge is 0.306 e. The molecule has 3 heteroatoms. The van der Waals surface area contributed by atoms with E-state index in [2.05, 4.69) is 27.7 Å². The lowest BCUT2D eigenvalue weighted by atomic mass is 9.86. The minimum absolute atomic E-state index is 0.0261. The number of rotatable bonds is 34. The number of hydrogen-bond donors (Lipinski definition) is 0. The van der Waals surface area contributed by atoms with Crippen LogP contribution in [-0.4, -0.2) is 17.9 Å². The Morgan fingerprint density at radius 2 is 0.786 bits per heavy atom. The molecule has 42 heavy (non-hydrogen) atoms. The van der Waals surface area contributed by atoms with Gasteiger partial charge in [-0.3, -0.25) is 9.59 Å². The Labute approximate surface area is 264 Å². The molecular weight excluding hydrogens is 516 g/mol. The summed E-state index contributed by atoms with van der Waals surface area (Å²) in [6.45, 7) is 9.01. The predicted molar refractivity (Wildman–Crippen MR) is 184 cm³/mol. The molecule has 2 unspecified atom stereocenters. The molecule has 0 rings (SSSR count). The summed E-state index contributed by atoms with van der Waals surface area (Å²) in [5.74, 6) is 0.565. The van der Waals surface area contributed by atoms with Gasteiger partial charge in [0.1, 0.15) is 11.9 Å². The van der Waals surface area contributed by atoms with Crippen LogP contribution in [0.4, 0.5) is 0 Å². The van der Waals surface area contributed by atoms with E-state index in [1.165, 1.54) is 135 Å². The van der Waals surface area contributed by atoms with Crippen LogP contribution in [0.25, 0.3) is 0 Å². The lowest BCUT2D eigenvalue weighted by molar-refractivity contribution is -0.153. The van der Waals surface area contributed by atoms with Crippen molar-refractivity contribution in [1.29, 1.82) is 0 Å². The molecule has 0 N–H and O–H groups in total. The van der Waals surface area contributed by atoms with Gasteiger partial charge in [-0.25, -0.2) is 0 Å². The fraction of sp³-hybridized carbons (Fsp3) is 0.949. The van der Waals surface area contributed by atoms with Crippen LogP contribution in [0.15, 0.2) is 0 Å². The van der Waals surface area contributed by atoms with Gasteiger partial charge >= 0.3 is 5.97 Å². The second-order valence-electron chi connectivity index (χ2n) is 13.4. The van der Waals surface area contributed by atoms with E-state index in [4.69, 9.17) is 4.74 Å². The first kappa shape index (κ1) is 41.1. The zero-order valence-corrected chi connectivity index (χ0v) is 29.3. The van der Waals surface area contributed by atoms with Crippen molar-refractivity contribution in [2.75, 3.05) is 0 Å². The number of unbranched alkanes of at least 4 members (excludes halogenated alkanes) is 22. The maximum Gasteiger partial charge on any atom is 0.306 e. The van der Waals surface area contributed by atoms with E-state index in [1.807, 2.05) is 0 Å². The van der Waals surface area contributed by atoms with E-state index in [1.54, 1.807) is 0 Å². The number of ether oxygens (including phenoxy) is 1. The highest BCUT2D eigenvalue weighted by molar-refractivity contribution is 5.78. The van der Waals surface area contributed by atoms with Crippen molar-refractivity contribution in [3.63, 3.8) is 0 Å². The standard InChI is InChI=1S/C39H76O3/c1-5-9-13-16-18-20-22-25-29-32-37(40)35-36(31-28-24-15-11-7-3)38(33-27-12-8-4)42-39(41)34-30-26-23-21-19-17-14-10-6-2/h36,38H,5-35H2,1-4H3. The third kappa shape index (κ3) is 27.9. The summed E-state index contributed by atoms with van der Waals surface area (Å²) in [6, 6.07) is 0. The van der Waals surface area contributed by atoms with E-state index >= 15 is 0 Å². The molecule has 0 aromatic carbocycles. The quantitative estimate of drug-likeness (QED) is 0.0551. The molecule has 0 aliphatic rings. The number of carbonyl (C=O) groups is 2. The summed E-state index contributed by atoms with van der Waals surface area (Å²) in [6.07, 6.45) is 36.1. The summed E-state index contributed by atoms with van der Waals surface area (Å²) in [5.41, 5.74) is 0. The topological polar surface area (TPSA) is 43.4 Å². The van der Waals surface area contributed by atoms with Gasteiger partial charge in [0.05, 0.1) is 0 Å². The van der Waals surface area contributed by atoms with Gasteiger partial charge in [0.2, 0.25) is 0 Å². The molecule has 2 atom stereocenters. The molecule has 0 fully saturated rings. The first-order valence-corrected chi connectivity index (χ1v) is 19.3. The third-order valence-electron chi connectivity index (χ3n) is 9.11. The molecule has 0 saturated carbocycles. The van der Waals surface area contributed by atoms with Crippen molar-refractivity contribution in [2.24, 2.45) is 5.92 Å².